The highest BCUT2D eigenvalue weighted by molar-refractivity contribution is 5.61. The zero-order valence-electron chi connectivity index (χ0n) is 10.9. The summed E-state index contributed by atoms with van der Waals surface area (Å²) in [5.74, 6) is 0.790. The van der Waals surface area contributed by atoms with Crippen LogP contribution in [-0.4, -0.2) is 31.4 Å². The Bertz CT molecular complexity index is 393. The molecule has 1 saturated heterocycles. The Hall–Kier alpha value is -1.42. The summed E-state index contributed by atoms with van der Waals surface area (Å²) in [4.78, 5) is 2.35. The van der Waals surface area contributed by atoms with Crippen LogP contribution in [0.1, 0.15) is 25.7 Å². The summed E-state index contributed by atoms with van der Waals surface area (Å²) < 4.78 is 5.27. The van der Waals surface area contributed by atoms with Gasteiger partial charge < -0.3 is 20.5 Å². The number of piperidine rings is 1. The smallest absolute Gasteiger partial charge is 0.122 e. The second-order valence-corrected chi connectivity index (χ2v) is 4.82. The molecule has 0 aromatic heterocycles. The molecule has 0 bridgehead atoms. The molecule has 0 aliphatic carbocycles. The van der Waals surface area contributed by atoms with Crippen LogP contribution >= 0.6 is 0 Å². The Morgan fingerprint density at radius 3 is 2.94 bits per heavy atom. The van der Waals surface area contributed by atoms with Crippen LogP contribution in [0.2, 0.25) is 0 Å². The SMILES string of the molecule is COc1cc(N)cc(N2CCCCC2CCO)c1. The van der Waals surface area contributed by atoms with Gasteiger partial charge in [0.05, 0.1) is 7.11 Å². The molecule has 1 aromatic carbocycles. The van der Waals surface area contributed by atoms with Crippen molar-refractivity contribution in [3.8, 4) is 5.75 Å². The second-order valence-electron chi connectivity index (χ2n) is 4.82. The second kappa shape index (κ2) is 5.96. The van der Waals surface area contributed by atoms with Crippen LogP contribution in [0.25, 0.3) is 0 Å². The van der Waals surface area contributed by atoms with E-state index >= 15 is 0 Å². The zero-order valence-corrected chi connectivity index (χ0v) is 10.9. The van der Waals surface area contributed by atoms with E-state index in [4.69, 9.17) is 15.6 Å². The Kier molecular flexibility index (Phi) is 4.31. The predicted octanol–water partition coefficient (Wildman–Crippen LogP) is 2.02. The summed E-state index contributed by atoms with van der Waals surface area (Å²) in [5.41, 5.74) is 7.73. The minimum Gasteiger partial charge on any atom is -0.497 e. The molecule has 0 radical (unpaired) electrons. The van der Waals surface area contributed by atoms with E-state index < -0.39 is 0 Å². The molecule has 0 saturated carbocycles. The molecular formula is C14H22N2O2. The molecule has 1 unspecified atom stereocenters. The highest BCUT2D eigenvalue weighted by Gasteiger charge is 2.22. The van der Waals surface area contributed by atoms with Gasteiger partial charge in [-0.2, -0.15) is 0 Å². The number of ether oxygens (including phenoxy) is 1. The van der Waals surface area contributed by atoms with Crippen molar-refractivity contribution in [3.63, 3.8) is 0 Å². The molecule has 0 amide bonds. The third-order valence-electron chi connectivity index (χ3n) is 3.57. The number of aliphatic hydroxyl groups excluding tert-OH is 1. The van der Waals surface area contributed by atoms with Crippen molar-refractivity contribution < 1.29 is 9.84 Å². The molecule has 1 aromatic rings. The van der Waals surface area contributed by atoms with Gasteiger partial charge in [0.15, 0.2) is 0 Å². The minimum atomic E-state index is 0.237. The normalized spacial score (nSPS) is 19.9. The number of methoxy groups -OCH3 is 1. The number of nitrogens with zero attached hydrogens (tertiary/aromatic N) is 1. The first kappa shape index (κ1) is 13.0. The fourth-order valence-corrected chi connectivity index (χ4v) is 2.68. The number of nitrogen functional groups attached to an aromatic ring is 1. The van der Waals surface area contributed by atoms with Gasteiger partial charge in [-0.15, -0.1) is 0 Å². The molecule has 18 heavy (non-hydrogen) atoms. The van der Waals surface area contributed by atoms with E-state index in [1.54, 1.807) is 7.11 Å². The highest BCUT2D eigenvalue weighted by Crippen LogP contribution is 2.31. The quantitative estimate of drug-likeness (QED) is 0.803. The standard InChI is InChI=1S/C14H22N2O2/c1-18-14-9-11(15)8-13(10-14)16-6-3-2-4-12(16)5-7-17/h8-10,12,17H,2-7,15H2,1H3. The van der Waals surface area contributed by atoms with E-state index in [0.717, 1.165) is 36.5 Å². The third-order valence-corrected chi connectivity index (χ3v) is 3.57. The van der Waals surface area contributed by atoms with Gasteiger partial charge in [-0.05, 0) is 31.7 Å². The summed E-state index contributed by atoms with van der Waals surface area (Å²) in [6, 6.07) is 6.24. The average molecular weight is 250 g/mol. The summed E-state index contributed by atoms with van der Waals surface area (Å²) in [5, 5.41) is 9.16. The van der Waals surface area contributed by atoms with E-state index in [-0.39, 0.29) is 6.61 Å². The van der Waals surface area contributed by atoms with Crippen molar-refractivity contribution in [2.45, 2.75) is 31.7 Å². The van der Waals surface area contributed by atoms with Crippen LogP contribution in [0.3, 0.4) is 0 Å². The number of anilines is 2. The Balaban J connectivity index is 2.24. The van der Waals surface area contributed by atoms with E-state index in [9.17, 15) is 0 Å². The number of aliphatic hydroxyl groups is 1. The predicted molar refractivity (Wildman–Crippen MR) is 74.1 cm³/mol. The summed E-state index contributed by atoms with van der Waals surface area (Å²) in [6.07, 6.45) is 4.38. The van der Waals surface area contributed by atoms with E-state index in [1.165, 1.54) is 12.8 Å². The van der Waals surface area contributed by atoms with Gasteiger partial charge >= 0.3 is 0 Å². The maximum absolute atomic E-state index is 9.16. The minimum absolute atomic E-state index is 0.237. The molecule has 1 aliphatic rings. The summed E-state index contributed by atoms with van der Waals surface area (Å²) >= 11 is 0. The van der Waals surface area contributed by atoms with Gasteiger partial charge in [0.1, 0.15) is 5.75 Å². The first-order valence-corrected chi connectivity index (χ1v) is 6.56. The molecule has 100 valence electrons. The number of nitrogens with two attached hydrogens (primary N) is 1. The van der Waals surface area contributed by atoms with E-state index in [0.29, 0.717) is 6.04 Å². The monoisotopic (exact) mass is 250 g/mol. The van der Waals surface area contributed by atoms with Crippen molar-refractivity contribution in [1.29, 1.82) is 0 Å². The van der Waals surface area contributed by atoms with Crippen molar-refractivity contribution in [2.75, 3.05) is 30.9 Å². The van der Waals surface area contributed by atoms with Crippen molar-refractivity contribution in [3.05, 3.63) is 18.2 Å². The van der Waals surface area contributed by atoms with Gasteiger partial charge in [0.25, 0.3) is 0 Å². The van der Waals surface area contributed by atoms with E-state index in [2.05, 4.69) is 4.90 Å². The molecule has 0 spiro atoms. The van der Waals surface area contributed by atoms with Crippen LogP contribution in [0, 0.1) is 0 Å². The lowest BCUT2D eigenvalue weighted by Gasteiger charge is -2.37. The van der Waals surface area contributed by atoms with Crippen LogP contribution < -0.4 is 15.4 Å². The zero-order chi connectivity index (χ0) is 13.0. The van der Waals surface area contributed by atoms with Crippen molar-refractivity contribution >= 4 is 11.4 Å². The van der Waals surface area contributed by atoms with Gasteiger partial charge in [0.2, 0.25) is 0 Å². The van der Waals surface area contributed by atoms with Crippen LogP contribution in [0.4, 0.5) is 11.4 Å². The molecule has 1 aliphatic heterocycles. The van der Waals surface area contributed by atoms with E-state index in [1.807, 2.05) is 18.2 Å². The largest absolute Gasteiger partial charge is 0.497 e. The molecule has 4 nitrogen and oxygen atoms in total. The summed E-state index contributed by atoms with van der Waals surface area (Å²) in [7, 11) is 1.65. The lowest BCUT2D eigenvalue weighted by molar-refractivity contribution is 0.262. The first-order chi connectivity index (χ1) is 8.74. The third kappa shape index (κ3) is 2.88. The molecule has 1 atom stereocenters. The average Bonchev–Trinajstić information content (AvgIpc) is 2.39. The van der Waals surface area contributed by atoms with Gasteiger partial charge in [-0.1, -0.05) is 0 Å². The number of benzene rings is 1. The maximum atomic E-state index is 9.16. The summed E-state index contributed by atoms with van der Waals surface area (Å²) in [6.45, 7) is 1.26. The number of hydrogen-bond donors (Lipinski definition) is 2. The van der Waals surface area contributed by atoms with Crippen molar-refractivity contribution in [1.82, 2.24) is 0 Å². The van der Waals surface area contributed by atoms with Gasteiger partial charge in [-0.3, -0.25) is 0 Å². The first-order valence-electron chi connectivity index (χ1n) is 6.56. The number of hydrogen-bond acceptors (Lipinski definition) is 4. The van der Waals surface area contributed by atoms with Gasteiger partial charge in [0, 0.05) is 42.7 Å². The molecule has 3 N–H and O–H groups in total. The molecule has 1 heterocycles. The van der Waals surface area contributed by atoms with Crippen LogP contribution in [0.5, 0.6) is 5.75 Å². The lowest BCUT2D eigenvalue weighted by Crippen LogP contribution is -2.40. The molecule has 4 heteroatoms. The van der Waals surface area contributed by atoms with Crippen LogP contribution in [0.15, 0.2) is 18.2 Å². The maximum Gasteiger partial charge on any atom is 0.122 e. The number of rotatable bonds is 4. The highest BCUT2D eigenvalue weighted by atomic mass is 16.5. The fraction of sp³-hybridized carbons (Fsp3) is 0.571. The Labute approximate surface area is 108 Å². The molecule has 1 fully saturated rings. The topological polar surface area (TPSA) is 58.7 Å². The Morgan fingerprint density at radius 2 is 2.22 bits per heavy atom. The van der Waals surface area contributed by atoms with Crippen molar-refractivity contribution in [2.24, 2.45) is 0 Å². The fourth-order valence-electron chi connectivity index (χ4n) is 2.68. The lowest BCUT2D eigenvalue weighted by atomic mass is 9.98. The van der Waals surface area contributed by atoms with Gasteiger partial charge in [-0.25, -0.2) is 0 Å². The van der Waals surface area contributed by atoms with Crippen LogP contribution in [-0.2, 0) is 0 Å². The molecule has 2 rings (SSSR count). The molecular weight excluding hydrogens is 228 g/mol. The Morgan fingerprint density at radius 1 is 1.39 bits per heavy atom.